The van der Waals surface area contributed by atoms with Gasteiger partial charge in [-0.1, -0.05) is 18.2 Å². The van der Waals surface area contributed by atoms with Gasteiger partial charge in [0.25, 0.3) is 0 Å². The second-order valence-corrected chi connectivity index (χ2v) is 5.40. The molecule has 0 radical (unpaired) electrons. The molecule has 0 spiro atoms. The summed E-state index contributed by atoms with van der Waals surface area (Å²) >= 11 is 3.07. The lowest BCUT2D eigenvalue weighted by atomic mass is 10.1. The van der Waals surface area contributed by atoms with Gasteiger partial charge in [0.1, 0.15) is 5.82 Å². The number of benzene rings is 2. The number of rotatable bonds is 4. The quantitative estimate of drug-likeness (QED) is 0.764. The summed E-state index contributed by atoms with van der Waals surface area (Å²) in [6.07, 6.45) is -4.32. The highest BCUT2D eigenvalue weighted by atomic mass is 79.9. The average Bonchev–Trinajstić information content (AvgIpc) is 2.42. The fraction of sp³-hybridized carbons (Fsp3) is 0.200. The molecular weight excluding hydrogens is 350 g/mol. The Balaban J connectivity index is 1.90. The van der Waals surface area contributed by atoms with Crippen molar-refractivity contribution in [2.24, 2.45) is 0 Å². The molecule has 2 rings (SSSR count). The van der Waals surface area contributed by atoms with Crippen LogP contribution in [0.4, 0.5) is 17.6 Å². The third kappa shape index (κ3) is 4.54. The Bertz CT molecular complexity index is 608. The Hall–Kier alpha value is -1.40. The summed E-state index contributed by atoms with van der Waals surface area (Å²) in [7, 11) is 0. The summed E-state index contributed by atoms with van der Waals surface area (Å²) in [5.74, 6) is -0.344. The fourth-order valence-corrected chi connectivity index (χ4v) is 2.06. The minimum Gasteiger partial charge on any atom is -0.309 e. The molecule has 2 aromatic carbocycles. The van der Waals surface area contributed by atoms with E-state index in [0.717, 1.165) is 23.3 Å². The van der Waals surface area contributed by atoms with Gasteiger partial charge in [-0.3, -0.25) is 0 Å². The highest BCUT2D eigenvalue weighted by Crippen LogP contribution is 2.29. The molecule has 1 N–H and O–H groups in total. The van der Waals surface area contributed by atoms with Crippen LogP contribution in [0.5, 0.6) is 0 Å². The first kappa shape index (κ1) is 16.0. The van der Waals surface area contributed by atoms with Crippen LogP contribution in [0.1, 0.15) is 16.7 Å². The maximum absolute atomic E-state index is 13.3. The molecule has 0 aliphatic carbocycles. The lowest BCUT2D eigenvalue weighted by Crippen LogP contribution is -2.13. The Morgan fingerprint density at radius 3 is 2.05 bits per heavy atom. The third-order valence-corrected chi connectivity index (χ3v) is 3.57. The molecule has 0 aromatic heterocycles. The Kier molecular flexibility index (Phi) is 5.00. The van der Waals surface area contributed by atoms with E-state index >= 15 is 0 Å². The van der Waals surface area contributed by atoms with Gasteiger partial charge in [-0.15, -0.1) is 0 Å². The smallest absolute Gasteiger partial charge is 0.309 e. The monoisotopic (exact) mass is 361 g/mol. The van der Waals surface area contributed by atoms with Crippen molar-refractivity contribution < 1.29 is 17.6 Å². The van der Waals surface area contributed by atoms with Crippen LogP contribution in [0.2, 0.25) is 0 Å². The first-order valence-corrected chi connectivity index (χ1v) is 6.96. The molecule has 0 atom stereocenters. The van der Waals surface area contributed by atoms with Gasteiger partial charge in [-0.25, -0.2) is 4.39 Å². The maximum atomic E-state index is 13.3. The zero-order valence-electron chi connectivity index (χ0n) is 10.8. The summed E-state index contributed by atoms with van der Waals surface area (Å²) in [5.41, 5.74) is 0.837. The molecular formula is C15H12BrF4N. The molecule has 0 saturated heterocycles. The van der Waals surface area contributed by atoms with E-state index in [1.54, 1.807) is 12.1 Å². The van der Waals surface area contributed by atoms with Crippen molar-refractivity contribution >= 4 is 15.9 Å². The van der Waals surface area contributed by atoms with Crippen molar-refractivity contribution in [2.75, 3.05) is 0 Å². The van der Waals surface area contributed by atoms with Crippen LogP contribution in [-0.4, -0.2) is 0 Å². The normalized spacial score (nSPS) is 11.7. The lowest BCUT2D eigenvalue weighted by molar-refractivity contribution is -0.137. The molecule has 0 heterocycles. The molecule has 0 saturated carbocycles. The van der Waals surface area contributed by atoms with Gasteiger partial charge in [0.15, 0.2) is 0 Å². The van der Waals surface area contributed by atoms with E-state index in [-0.39, 0.29) is 5.82 Å². The van der Waals surface area contributed by atoms with Crippen molar-refractivity contribution in [3.63, 3.8) is 0 Å². The number of alkyl halides is 3. The van der Waals surface area contributed by atoms with Gasteiger partial charge >= 0.3 is 6.18 Å². The van der Waals surface area contributed by atoms with E-state index in [1.165, 1.54) is 18.2 Å². The van der Waals surface area contributed by atoms with Crippen molar-refractivity contribution in [3.05, 3.63) is 69.4 Å². The highest BCUT2D eigenvalue weighted by Gasteiger charge is 2.29. The molecule has 0 aliphatic rings. The molecule has 0 aliphatic heterocycles. The van der Waals surface area contributed by atoms with Crippen LogP contribution < -0.4 is 5.32 Å². The Morgan fingerprint density at radius 1 is 0.905 bits per heavy atom. The molecule has 112 valence electrons. The van der Waals surface area contributed by atoms with E-state index in [0.29, 0.717) is 17.6 Å². The topological polar surface area (TPSA) is 12.0 Å². The molecule has 6 heteroatoms. The first-order valence-electron chi connectivity index (χ1n) is 6.17. The second-order valence-electron chi connectivity index (χ2n) is 4.55. The number of halogens is 5. The van der Waals surface area contributed by atoms with Crippen molar-refractivity contribution in [1.82, 2.24) is 5.32 Å². The summed E-state index contributed by atoms with van der Waals surface area (Å²) in [5, 5.41) is 3.06. The predicted molar refractivity (Wildman–Crippen MR) is 76.1 cm³/mol. The third-order valence-electron chi connectivity index (χ3n) is 2.92. The Morgan fingerprint density at radius 2 is 1.48 bits per heavy atom. The zero-order chi connectivity index (χ0) is 15.5. The van der Waals surface area contributed by atoms with Crippen LogP contribution in [0.15, 0.2) is 46.9 Å². The SMILES string of the molecule is Fc1cc(CNCc2ccc(C(F)(F)F)cc2)ccc1Br. The van der Waals surface area contributed by atoms with Gasteiger partial charge < -0.3 is 5.32 Å². The molecule has 0 bridgehead atoms. The van der Waals surface area contributed by atoms with Crippen molar-refractivity contribution in [1.29, 1.82) is 0 Å². The minimum atomic E-state index is -4.32. The first-order chi connectivity index (χ1) is 9.86. The summed E-state index contributed by atoms with van der Waals surface area (Å²) in [4.78, 5) is 0. The lowest BCUT2D eigenvalue weighted by Gasteiger charge is -2.09. The second kappa shape index (κ2) is 6.58. The van der Waals surface area contributed by atoms with Crippen LogP contribution in [0.3, 0.4) is 0 Å². The van der Waals surface area contributed by atoms with Crippen LogP contribution in [0.25, 0.3) is 0 Å². The van der Waals surface area contributed by atoms with Gasteiger partial charge in [-0.2, -0.15) is 13.2 Å². The zero-order valence-corrected chi connectivity index (χ0v) is 12.4. The van der Waals surface area contributed by atoms with E-state index in [9.17, 15) is 17.6 Å². The molecule has 2 aromatic rings. The van der Waals surface area contributed by atoms with Gasteiger partial charge in [0.05, 0.1) is 10.0 Å². The van der Waals surface area contributed by atoms with E-state index in [1.807, 2.05) is 0 Å². The predicted octanol–water partition coefficient (Wildman–Crippen LogP) is 4.90. The molecule has 1 nitrogen and oxygen atoms in total. The van der Waals surface area contributed by atoms with Crippen LogP contribution in [0, 0.1) is 5.82 Å². The molecule has 21 heavy (non-hydrogen) atoms. The Labute approximate surface area is 128 Å². The van der Waals surface area contributed by atoms with Crippen molar-refractivity contribution in [3.8, 4) is 0 Å². The molecule has 0 unspecified atom stereocenters. The average molecular weight is 362 g/mol. The van der Waals surface area contributed by atoms with E-state index in [4.69, 9.17) is 0 Å². The van der Waals surface area contributed by atoms with E-state index in [2.05, 4.69) is 21.2 Å². The molecule has 0 amide bonds. The number of hydrogen-bond acceptors (Lipinski definition) is 1. The maximum Gasteiger partial charge on any atom is 0.416 e. The minimum absolute atomic E-state index is 0.344. The van der Waals surface area contributed by atoms with Crippen LogP contribution >= 0.6 is 15.9 Å². The standard InChI is InChI=1S/C15H12BrF4N/c16-13-6-3-11(7-14(13)17)9-21-8-10-1-4-12(5-2-10)15(18,19)20/h1-7,21H,8-9H2. The summed E-state index contributed by atoms with van der Waals surface area (Å²) in [6.45, 7) is 0.848. The van der Waals surface area contributed by atoms with Gasteiger partial charge in [0.2, 0.25) is 0 Å². The van der Waals surface area contributed by atoms with Crippen LogP contribution in [-0.2, 0) is 19.3 Å². The summed E-state index contributed by atoms with van der Waals surface area (Å²) in [6, 6.07) is 9.75. The fourth-order valence-electron chi connectivity index (χ4n) is 1.81. The van der Waals surface area contributed by atoms with Crippen molar-refractivity contribution in [2.45, 2.75) is 19.3 Å². The highest BCUT2D eigenvalue weighted by molar-refractivity contribution is 9.10. The van der Waals surface area contributed by atoms with Gasteiger partial charge in [0, 0.05) is 13.1 Å². The molecule has 0 fully saturated rings. The van der Waals surface area contributed by atoms with E-state index < -0.39 is 11.7 Å². The van der Waals surface area contributed by atoms with Gasteiger partial charge in [-0.05, 0) is 51.3 Å². The largest absolute Gasteiger partial charge is 0.416 e. The number of hydrogen-bond donors (Lipinski definition) is 1. The summed E-state index contributed by atoms with van der Waals surface area (Å²) < 4.78 is 50.9. The number of nitrogens with one attached hydrogen (secondary N) is 1.